The third-order valence-electron chi connectivity index (χ3n) is 1.81. The van der Waals surface area contributed by atoms with Crippen molar-refractivity contribution in [1.82, 2.24) is 0 Å². The van der Waals surface area contributed by atoms with E-state index in [0.29, 0.717) is 11.5 Å². The van der Waals surface area contributed by atoms with Gasteiger partial charge in [0.15, 0.2) is 0 Å². The summed E-state index contributed by atoms with van der Waals surface area (Å²) in [5.41, 5.74) is 0.773. The largest absolute Gasteiger partial charge is 0.459 e. The second-order valence-corrected chi connectivity index (χ2v) is 3.57. The molecule has 0 aromatic heterocycles. The minimum absolute atomic E-state index is 0.392. The molecule has 0 radical (unpaired) electrons. The molecule has 0 saturated heterocycles. The van der Waals surface area contributed by atoms with Crippen LogP contribution in [0.5, 0.6) is 5.75 Å². The van der Waals surface area contributed by atoms with Gasteiger partial charge < -0.3 is 9.84 Å². The van der Waals surface area contributed by atoms with Gasteiger partial charge in [-0.3, -0.25) is 0 Å². The van der Waals surface area contributed by atoms with E-state index in [4.69, 9.17) is 4.74 Å². The first-order valence-corrected chi connectivity index (χ1v) is 4.32. The standard InChI is InChI=1S/C9H7BrO2/c1-5-9(11)7-4-6(10)2-3-8(7)12-5/h2-4,9,11H,1H2. The van der Waals surface area contributed by atoms with Gasteiger partial charge in [0.2, 0.25) is 0 Å². The Morgan fingerprint density at radius 1 is 1.50 bits per heavy atom. The summed E-state index contributed by atoms with van der Waals surface area (Å²) in [7, 11) is 0. The highest BCUT2D eigenvalue weighted by molar-refractivity contribution is 9.10. The Labute approximate surface area is 78.6 Å². The minimum atomic E-state index is -0.683. The van der Waals surface area contributed by atoms with Gasteiger partial charge in [-0.05, 0) is 18.2 Å². The lowest BCUT2D eigenvalue weighted by atomic mass is 10.1. The molecule has 0 spiro atoms. The van der Waals surface area contributed by atoms with Crippen LogP contribution in [0.2, 0.25) is 0 Å². The highest BCUT2D eigenvalue weighted by atomic mass is 79.9. The van der Waals surface area contributed by atoms with Crippen LogP contribution < -0.4 is 4.74 Å². The summed E-state index contributed by atoms with van der Waals surface area (Å²) < 4.78 is 6.14. The van der Waals surface area contributed by atoms with Crippen LogP contribution >= 0.6 is 15.9 Å². The molecule has 0 saturated carbocycles. The van der Waals surface area contributed by atoms with E-state index in [1.165, 1.54) is 0 Å². The predicted molar refractivity (Wildman–Crippen MR) is 48.9 cm³/mol. The topological polar surface area (TPSA) is 29.5 Å². The molecule has 1 aliphatic rings. The second kappa shape index (κ2) is 2.61. The third kappa shape index (κ3) is 1.06. The van der Waals surface area contributed by atoms with Crippen molar-refractivity contribution in [2.75, 3.05) is 0 Å². The van der Waals surface area contributed by atoms with Crippen molar-refractivity contribution in [3.05, 3.63) is 40.6 Å². The molecule has 0 amide bonds. The van der Waals surface area contributed by atoms with Crippen LogP contribution in [0.4, 0.5) is 0 Å². The molecule has 1 unspecified atom stereocenters. The molecule has 3 heteroatoms. The van der Waals surface area contributed by atoms with Crippen LogP contribution in [0.3, 0.4) is 0 Å². The molecule has 0 aliphatic carbocycles. The molecule has 1 aromatic rings. The van der Waals surface area contributed by atoms with E-state index in [1.807, 2.05) is 12.1 Å². The number of hydrogen-bond donors (Lipinski definition) is 1. The zero-order valence-electron chi connectivity index (χ0n) is 6.25. The summed E-state index contributed by atoms with van der Waals surface area (Å²) in [6, 6.07) is 5.50. The Morgan fingerprint density at radius 3 is 3.00 bits per heavy atom. The summed E-state index contributed by atoms with van der Waals surface area (Å²) in [4.78, 5) is 0. The van der Waals surface area contributed by atoms with Crippen LogP contribution in [-0.4, -0.2) is 5.11 Å². The number of ether oxygens (including phenoxy) is 1. The van der Waals surface area contributed by atoms with Gasteiger partial charge in [0.25, 0.3) is 0 Å². The number of halogens is 1. The fourth-order valence-corrected chi connectivity index (χ4v) is 1.58. The predicted octanol–water partition coefficient (Wildman–Crippen LogP) is 2.39. The molecular formula is C9H7BrO2. The average Bonchev–Trinajstić information content (AvgIpc) is 2.31. The van der Waals surface area contributed by atoms with Gasteiger partial charge in [-0.1, -0.05) is 22.5 Å². The van der Waals surface area contributed by atoms with Gasteiger partial charge in [-0.15, -0.1) is 0 Å². The van der Waals surface area contributed by atoms with Gasteiger partial charge in [0.05, 0.1) is 0 Å². The van der Waals surface area contributed by atoms with Crippen LogP contribution in [0, 0.1) is 0 Å². The lowest BCUT2D eigenvalue weighted by molar-refractivity contribution is 0.192. The fraction of sp³-hybridized carbons (Fsp3) is 0.111. The molecule has 1 aromatic carbocycles. The van der Waals surface area contributed by atoms with Crippen LogP contribution in [0.25, 0.3) is 0 Å². The lowest BCUT2D eigenvalue weighted by Crippen LogP contribution is -1.93. The molecule has 12 heavy (non-hydrogen) atoms. The number of aliphatic hydroxyl groups is 1. The van der Waals surface area contributed by atoms with E-state index in [9.17, 15) is 5.11 Å². The summed E-state index contributed by atoms with van der Waals surface area (Å²) in [6.07, 6.45) is -0.683. The number of rotatable bonds is 0. The van der Waals surface area contributed by atoms with E-state index < -0.39 is 6.10 Å². The van der Waals surface area contributed by atoms with Crippen LogP contribution in [0.15, 0.2) is 35.0 Å². The maximum Gasteiger partial charge on any atom is 0.140 e. The van der Waals surface area contributed by atoms with Crippen molar-refractivity contribution in [1.29, 1.82) is 0 Å². The Balaban J connectivity index is 2.55. The SMILES string of the molecule is C=C1Oc2ccc(Br)cc2C1O. The molecule has 1 aliphatic heterocycles. The summed E-state index contributed by atoms with van der Waals surface area (Å²) >= 11 is 3.32. The van der Waals surface area contributed by atoms with Gasteiger partial charge in [-0.2, -0.15) is 0 Å². The number of aliphatic hydroxyl groups excluding tert-OH is 1. The smallest absolute Gasteiger partial charge is 0.140 e. The number of benzene rings is 1. The minimum Gasteiger partial charge on any atom is -0.459 e. The monoisotopic (exact) mass is 226 g/mol. The maximum absolute atomic E-state index is 9.53. The lowest BCUT2D eigenvalue weighted by Gasteiger charge is -1.99. The van der Waals surface area contributed by atoms with Crippen molar-refractivity contribution in [2.45, 2.75) is 6.10 Å². The highest BCUT2D eigenvalue weighted by Crippen LogP contribution is 2.39. The van der Waals surface area contributed by atoms with Gasteiger partial charge >= 0.3 is 0 Å². The third-order valence-corrected chi connectivity index (χ3v) is 2.31. The maximum atomic E-state index is 9.53. The van der Waals surface area contributed by atoms with Crippen molar-refractivity contribution in [3.8, 4) is 5.75 Å². The van der Waals surface area contributed by atoms with Gasteiger partial charge in [0.1, 0.15) is 17.6 Å². The van der Waals surface area contributed by atoms with Crippen molar-refractivity contribution in [2.24, 2.45) is 0 Å². The van der Waals surface area contributed by atoms with Gasteiger partial charge in [0, 0.05) is 10.0 Å². The molecule has 1 atom stereocenters. The first kappa shape index (κ1) is 7.83. The zero-order valence-corrected chi connectivity index (χ0v) is 7.84. The van der Waals surface area contributed by atoms with Crippen molar-refractivity contribution in [3.63, 3.8) is 0 Å². The summed E-state index contributed by atoms with van der Waals surface area (Å²) in [5, 5.41) is 9.53. The number of hydrogen-bond acceptors (Lipinski definition) is 2. The molecule has 1 heterocycles. The fourth-order valence-electron chi connectivity index (χ4n) is 1.20. The van der Waals surface area contributed by atoms with E-state index >= 15 is 0 Å². The summed E-state index contributed by atoms with van der Waals surface area (Å²) in [5.74, 6) is 1.08. The Bertz CT molecular complexity index is 346. The van der Waals surface area contributed by atoms with E-state index in [2.05, 4.69) is 22.5 Å². The van der Waals surface area contributed by atoms with E-state index in [-0.39, 0.29) is 0 Å². The van der Waals surface area contributed by atoms with Crippen molar-refractivity contribution < 1.29 is 9.84 Å². The molecule has 2 rings (SSSR count). The van der Waals surface area contributed by atoms with Crippen molar-refractivity contribution >= 4 is 15.9 Å². The first-order chi connectivity index (χ1) is 5.68. The van der Waals surface area contributed by atoms with Gasteiger partial charge in [-0.25, -0.2) is 0 Å². The molecule has 0 fully saturated rings. The first-order valence-electron chi connectivity index (χ1n) is 3.52. The zero-order chi connectivity index (χ0) is 8.72. The molecule has 62 valence electrons. The van der Waals surface area contributed by atoms with E-state index in [1.54, 1.807) is 6.07 Å². The molecule has 0 bridgehead atoms. The summed E-state index contributed by atoms with van der Waals surface area (Å²) in [6.45, 7) is 3.59. The van der Waals surface area contributed by atoms with E-state index in [0.717, 1.165) is 10.0 Å². The Hall–Kier alpha value is -0.800. The molecule has 1 N–H and O–H groups in total. The second-order valence-electron chi connectivity index (χ2n) is 2.65. The molecular weight excluding hydrogens is 220 g/mol. The Morgan fingerprint density at radius 2 is 2.25 bits per heavy atom. The van der Waals surface area contributed by atoms with Crippen LogP contribution in [-0.2, 0) is 0 Å². The average molecular weight is 227 g/mol. The Kier molecular flexibility index (Phi) is 1.70. The quantitative estimate of drug-likeness (QED) is 0.737. The number of fused-ring (bicyclic) bond motifs is 1. The van der Waals surface area contributed by atoms with Crippen LogP contribution in [0.1, 0.15) is 11.7 Å². The highest BCUT2D eigenvalue weighted by Gasteiger charge is 2.25. The normalized spacial score (nSPS) is 20.5. The molecule has 2 nitrogen and oxygen atoms in total.